The lowest BCUT2D eigenvalue weighted by Crippen LogP contribution is -2.14. The zero-order chi connectivity index (χ0) is 22.6. The van der Waals surface area contributed by atoms with Crippen molar-refractivity contribution in [2.45, 2.75) is 11.1 Å². The number of amides is 1. The number of rotatable bonds is 7. The molecule has 0 bridgehead atoms. The normalized spacial score (nSPS) is 11.0. The molecule has 0 aliphatic carbocycles. The van der Waals surface area contributed by atoms with Gasteiger partial charge in [0.05, 0.1) is 11.9 Å². The molecule has 2 aromatic heterocycles. The fourth-order valence-corrected chi connectivity index (χ4v) is 4.67. The molecule has 4 aromatic rings. The molecule has 11 heteroatoms. The molecular formula is C21H17N5O4S2. The first-order valence-electron chi connectivity index (χ1n) is 9.33. The minimum Gasteiger partial charge on any atom is -0.439 e. The minimum atomic E-state index is -4.04. The molecule has 0 radical (unpaired) electrons. The Bertz CT molecular complexity index is 1340. The Morgan fingerprint density at radius 2 is 1.69 bits per heavy atom. The second-order valence-electron chi connectivity index (χ2n) is 6.47. The molecule has 4 rings (SSSR count). The molecule has 0 saturated carbocycles. The quantitative estimate of drug-likeness (QED) is 0.418. The van der Waals surface area contributed by atoms with Crippen LogP contribution in [-0.4, -0.2) is 29.3 Å². The standard InChI is InChI=1S/C21H17N5O4S2/c1-14(27)23-21-22-13-19(31-21)32(28,29)26-20-24-17(15-8-4-2-5-9-15)12-18(25-20)30-16-10-6-3-7-11-16/h2-13H,1H3,(H,22,23,27)(H,24,25,26). The average molecular weight is 468 g/mol. The van der Waals surface area contributed by atoms with Gasteiger partial charge in [0.1, 0.15) is 5.75 Å². The zero-order valence-electron chi connectivity index (χ0n) is 16.7. The predicted molar refractivity (Wildman–Crippen MR) is 121 cm³/mol. The number of aromatic nitrogens is 3. The summed E-state index contributed by atoms with van der Waals surface area (Å²) < 4.78 is 33.8. The largest absolute Gasteiger partial charge is 0.439 e. The number of nitrogens with one attached hydrogen (secondary N) is 2. The number of para-hydroxylation sites is 1. The van der Waals surface area contributed by atoms with Crippen LogP contribution in [0.2, 0.25) is 0 Å². The smallest absolute Gasteiger partial charge is 0.275 e. The molecular weight excluding hydrogens is 450 g/mol. The van der Waals surface area contributed by atoms with E-state index in [0.717, 1.165) is 23.1 Å². The van der Waals surface area contributed by atoms with Crippen LogP contribution in [0.15, 0.2) is 77.1 Å². The second-order valence-corrected chi connectivity index (χ2v) is 9.41. The van der Waals surface area contributed by atoms with E-state index in [0.29, 0.717) is 11.4 Å². The van der Waals surface area contributed by atoms with Gasteiger partial charge in [0.25, 0.3) is 10.0 Å². The highest BCUT2D eigenvalue weighted by Crippen LogP contribution is 2.28. The van der Waals surface area contributed by atoms with Crippen LogP contribution in [0, 0.1) is 0 Å². The molecule has 162 valence electrons. The van der Waals surface area contributed by atoms with E-state index in [1.54, 1.807) is 18.2 Å². The van der Waals surface area contributed by atoms with E-state index in [4.69, 9.17) is 4.74 Å². The molecule has 1 amide bonds. The molecule has 2 N–H and O–H groups in total. The van der Waals surface area contributed by atoms with Crippen molar-refractivity contribution in [1.82, 2.24) is 15.0 Å². The van der Waals surface area contributed by atoms with Crippen LogP contribution in [0.25, 0.3) is 11.3 Å². The van der Waals surface area contributed by atoms with Crippen molar-refractivity contribution in [3.05, 3.63) is 72.9 Å². The summed E-state index contributed by atoms with van der Waals surface area (Å²) in [5, 5.41) is 2.62. The van der Waals surface area contributed by atoms with Crippen molar-refractivity contribution in [3.63, 3.8) is 0 Å². The summed E-state index contributed by atoms with van der Waals surface area (Å²) in [4.78, 5) is 23.6. The Balaban J connectivity index is 1.68. The number of hydrogen-bond acceptors (Lipinski definition) is 8. The molecule has 0 fully saturated rings. The third-order valence-electron chi connectivity index (χ3n) is 4.00. The molecule has 32 heavy (non-hydrogen) atoms. The van der Waals surface area contributed by atoms with E-state index >= 15 is 0 Å². The van der Waals surface area contributed by atoms with Gasteiger partial charge in [-0.1, -0.05) is 59.9 Å². The van der Waals surface area contributed by atoms with Crippen LogP contribution in [-0.2, 0) is 14.8 Å². The molecule has 0 atom stereocenters. The summed E-state index contributed by atoms with van der Waals surface area (Å²) in [5.41, 5.74) is 1.24. The third-order valence-corrected chi connectivity index (χ3v) is 6.70. The van der Waals surface area contributed by atoms with Crippen LogP contribution in [0.3, 0.4) is 0 Å². The van der Waals surface area contributed by atoms with Crippen LogP contribution in [0.1, 0.15) is 6.92 Å². The number of carbonyl (C=O) groups is 1. The van der Waals surface area contributed by atoms with Gasteiger partial charge in [-0.15, -0.1) is 0 Å². The number of thiazole rings is 1. The predicted octanol–water partition coefficient (Wildman–Crippen LogP) is 4.15. The Labute approximate surface area is 188 Å². The van der Waals surface area contributed by atoms with Crippen molar-refractivity contribution in [1.29, 1.82) is 0 Å². The van der Waals surface area contributed by atoms with E-state index in [9.17, 15) is 13.2 Å². The average Bonchev–Trinajstić information content (AvgIpc) is 3.23. The van der Waals surface area contributed by atoms with E-state index in [-0.39, 0.29) is 27.1 Å². The zero-order valence-corrected chi connectivity index (χ0v) is 18.4. The maximum atomic E-state index is 12.8. The summed E-state index contributed by atoms with van der Waals surface area (Å²) in [6.45, 7) is 1.31. The van der Waals surface area contributed by atoms with Gasteiger partial charge in [-0.05, 0) is 12.1 Å². The van der Waals surface area contributed by atoms with Crippen LogP contribution < -0.4 is 14.8 Å². The van der Waals surface area contributed by atoms with E-state index < -0.39 is 10.0 Å². The van der Waals surface area contributed by atoms with E-state index in [2.05, 4.69) is 25.0 Å². The minimum absolute atomic E-state index is 0.0968. The van der Waals surface area contributed by atoms with Crippen molar-refractivity contribution in [2.75, 3.05) is 10.0 Å². The monoisotopic (exact) mass is 467 g/mol. The number of benzene rings is 2. The van der Waals surface area contributed by atoms with Gasteiger partial charge in [-0.25, -0.2) is 23.1 Å². The molecule has 2 heterocycles. The fraction of sp³-hybridized carbons (Fsp3) is 0.0476. The summed E-state index contributed by atoms with van der Waals surface area (Å²) in [5.74, 6) is 0.206. The Kier molecular flexibility index (Phi) is 6.10. The number of ether oxygens (including phenoxy) is 1. The second kappa shape index (κ2) is 9.12. The van der Waals surface area contributed by atoms with Crippen molar-refractivity contribution in [3.8, 4) is 22.9 Å². The molecule has 0 unspecified atom stereocenters. The lowest BCUT2D eigenvalue weighted by molar-refractivity contribution is -0.114. The molecule has 0 aliphatic heterocycles. The van der Waals surface area contributed by atoms with Gasteiger partial charge in [-0.3, -0.25) is 4.79 Å². The maximum Gasteiger partial charge on any atom is 0.275 e. The van der Waals surface area contributed by atoms with Crippen molar-refractivity contribution in [2.24, 2.45) is 0 Å². The van der Waals surface area contributed by atoms with Gasteiger partial charge in [0.2, 0.25) is 17.7 Å². The molecule has 0 spiro atoms. The number of hydrogen-bond donors (Lipinski definition) is 2. The van der Waals surface area contributed by atoms with E-state index in [1.165, 1.54) is 6.92 Å². The fourth-order valence-electron chi connectivity index (χ4n) is 2.65. The van der Waals surface area contributed by atoms with Crippen LogP contribution >= 0.6 is 11.3 Å². The van der Waals surface area contributed by atoms with E-state index in [1.807, 2.05) is 48.5 Å². The van der Waals surface area contributed by atoms with Gasteiger partial charge >= 0.3 is 0 Å². The van der Waals surface area contributed by atoms with Crippen LogP contribution in [0.4, 0.5) is 11.1 Å². The molecule has 2 aromatic carbocycles. The Morgan fingerprint density at radius 1 is 1.00 bits per heavy atom. The highest BCUT2D eigenvalue weighted by atomic mass is 32.2. The lowest BCUT2D eigenvalue weighted by atomic mass is 10.1. The van der Waals surface area contributed by atoms with Crippen LogP contribution in [0.5, 0.6) is 11.6 Å². The highest BCUT2D eigenvalue weighted by molar-refractivity contribution is 7.94. The van der Waals surface area contributed by atoms with Gasteiger partial charge in [0, 0.05) is 18.6 Å². The lowest BCUT2D eigenvalue weighted by Gasteiger charge is -2.10. The first-order chi connectivity index (χ1) is 15.4. The van der Waals surface area contributed by atoms with Crippen molar-refractivity contribution >= 4 is 38.3 Å². The summed E-state index contributed by atoms with van der Waals surface area (Å²) in [6.07, 6.45) is 1.15. The SMILES string of the molecule is CC(=O)Nc1ncc(S(=O)(=O)Nc2nc(Oc3ccccc3)cc(-c3ccccc3)n2)s1. The first kappa shape index (κ1) is 21.4. The number of nitrogens with zero attached hydrogens (tertiary/aromatic N) is 3. The number of anilines is 2. The molecule has 9 nitrogen and oxygen atoms in total. The summed E-state index contributed by atoms with van der Waals surface area (Å²) >= 11 is 0.814. The molecule has 0 aliphatic rings. The first-order valence-corrected chi connectivity index (χ1v) is 11.6. The van der Waals surface area contributed by atoms with Gasteiger partial charge < -0.3 is 10.1 Å². The topological polar surface area (TPSA) is 123 Å². The van der Waals surface area contributed by atoms with Gasteiger partial charge in [0.15, 0.2) is 9.34 Å². The van der Waals surface area contributed by atoms with Crippen molar-refractivity contribution < 1.29 is 17.9 Å². The number of sulfonamides is 1. The molecule has 0 saturated heterocycles. The summed E-state index contributed by atoms with van der Waals surface area (Å²) in [7, 11) is -4.04. The highest BCUT2D eigenvalue weighted by Gasteiger charge is 2.21. The maximum absolute atomic E-state index is 12.8. The number of carbonyl (C=O) groups excluding carboxylic acids is 1. The third kappa shape index (κ3) is 5.25. The summed E-state index contributed by atoms with van der Waals surface area (Å²) in [6, 6.07) is 19.9. The van der Waals surface area contributed by atoms with Gasteiger partial charge in [-0.2, -0.15) is 4.98 Å². The Hall–Kier alpha value is -3.83. The Morgan fingerprint density at radius 3 is 2.38 bits per heavy atom.